The maximum absolute atomic E-state index is 12.9. The topological polar surface area (TPSA) is 73.0 Å². The first-order valence-corrected chi connectivity index (χ1v) is 11.0. The van der Waals surface area contributed by atoms with Crippen LogP contribution < -0.4 is 9.62 Å². The molecule has 0 saturated carbocycles. The maximum Gasteiger partial charge on any atom is 0.253 e. The minimum atomic E-state index is -3.23. The minimum Gasteiger partial charge on any atom is -0.337 e. The molecule has 9 heteroatoms. The molecule has 0 aromatic heterocycles. The summed E-state index contributed by atoms with van der Waals surface area (Å²) >= 11 is 0. The van der Waals surface area contributed by atoms with Crippen LogP contribution in [0.2, 0.25) is 0 Å². The van der Waals surface area contributed by atoms with E-state index in [1.54, 1.807) is 24.3 Å². The number of benzene rings is 1. The predicted octanol–water partition coefficient (Wildman–Crippen LogP) is 0.768. The van der Waals surface area contributed by atoms with Crippen LogP contribution in [0, 0.1) is 0 Å². The summed E-state index contributed by atoms with van der Waals surface area (Å²) in [5.41, 5.74) is 1.18. The van der Waals surface area contributed by atoms with E-state index >= 15 is 0 Å². The Bertz CT molecular complexity index is 783. The van der Waals surface area contributed by atoms with Gasteiger partial charge in [0, 0.05) is 57.4 Å². The number of hydrogen-bond acceptors (Lipinski definition) is 5. The molecule has 3 heterocycles. The molecule has 4 rings (SSSR count). The van der Waals surface area contributed by atoms with Crippen molar-refractivity contribution >= 4 is 34.0 Å². The lowest BCUT2D eigenvalue weighted by Crippen LogP contribution is -2.49. The number of sulfonamides is 1. The van der Waals surface area contributed by atoms with E-state index in [4.69, 9.17) is 0 Å². The number of hydrogen-bond donors (Lipinski definition) is 1. The van der Waals surface area contributed by atoms with Crippen LogP contribution in [0.1, 0.15) is 23.2 Å². The molecular formula is C18H27ClN4O3S. The Labute approximate surface area is 167 Å². The number of piperazine rings is 1. The standard InChI is InChI=1S/C18H26N4O3S.ClH/c23-18(21-9-5-17(14-21)20-10-6-19-7-11-20)15-3-1-4-16(13-15)22-8-2-12-26(22,24)25;/h1,3-4,13,17,19H,2,5-12,14H2;1H. The van der Waals surface area contributed by atoms with Gasteiger partial charge in [-0.2, -0.15) is 0 Å². The van der Waals surface area contributed by atoms with Gasteiger partial charge < -0.3 is 10.2 Å². The van der Waals surface area contributed by atoms with Gasteiger partial charge in [-0.25, -0.2) is 8.42 Å². The molecule has 0 bridgehead atoms. The van der Waals surface area contributed by atoms with Crippen molar-refractivity contribution in [1.29, 1.82) is 0 Å². The molecule has 3 aliphatic rings. The van der Waals surface area contributed by atoms with E-state index < -0.39 is 10.0 Å². The zero-order valence-corrected chi connectivity index (χ0v) is 17.0. The third-order valence-electron chi connectivity index (χ3n) is 5.60. The highest BCUT2D eigenvalue weighted by molar-refractivity contribution is 7.93. The van der Waals surface area contributed by atoms with Crippen LogP contribution in [0.15, 0.2) is 24.3 Å². The van der Waals surface area contributed by atoms with Gasteiger partial charge >= 0.3 is 0 Å². The van der Waals surface area contributed by atoms with Gasteiger partial charge in [0.15, 0.2) is 0 Å². The molecule has 150 valence electrons. The fourth-order valence-electron chi connectivity index (χ4n) is 4.18. The molecule has 1 unspecified atom stereocenters. The zero-order valence-electron chi connectivity index (χ0n) is 15.3. The highest BCUT2D eigenvalue weighted by Gasteiger charge is 2.32. The van der Waals surface area contributed by atoms with Crippen LogP contribution in [0.4, 0.5) is 5.69 Å². The number of rotatable bonds is 3. The van der Waals surface area contributed by atoms with Crippen molar-refractivity contribution in [1.82, 2.24) is 15.1 Å². The molecule has 1 atom stereocenters. The van der Waals surface area contributed by atoms with Gasteiger partial charge in [0.05, 0.1) is 11.4 Å². The summed E-state index contributed by atoms with van der Waals surface area (Å²) in [5.74, 6) is 0.185. The number of carbonyl (C=O) groups is 1. The zero-order chi connectivity index (χ0) is 18.1. The number of amides is 1. The summed E-state index contributed by atoms with van der Waals surface area (Å²) in [6.07, 6.45) is 1.64. The number of anilines is 1. The van der Waals surface area contributed by atoms with E-state index in [1.165, 1.54) is 4.31 Å². The molecule has 3 fully saturated rings. The van der Waals surface area contributed by atoms with Crippen molar-refractivity contribution in [3.63, 3.8) is 0 Å². The van der Waals surface area contributed by atoms with Crippen molar-refractivity contribution in [2.45, 2.75) is 18.9 Å². The smallest absolute Gasteiger partial charge is 0.253 e. The molecule has 27 heavy (non-hydrogen) atoms. The first-order valence-electron chi connectivity index (χ1n) is 9.39. The summed E-state index contributed by atoms with van der Waals surface area (Å²) in [6, 6.07) is 7.49. The molecule has 0 radical (unpaired) electrons. The molecule has 7 nitrogen and oxygen atoms in total. The van der Waals surface area contributed by atoms with E-state index in [2.05, 4.69) is 10.2 Å². The summed E-state index contributed by atoms with van der Waals surface area (Å²) in [6.45, 7) is 6.11. The molecule has 0 spiro atoms. The highest BCUT2D eigenvalue weighted by atomic mass is 35.5. The average molecular weight is 415 g/mol. The van der Waals surface area contributed by atoms with Crippen LogP contribution in [0.3, 0.4) is 0 Å². The van der Waals surface area contributed by atoms with Crippen LogP contribution in [-0.2, 0) is 10.0 Å². The third kappa shape index (κ3) is 4.23. The Kier molecular flexibility index (Phi) is 6.30. The molecule has 0 aliphatic carbocycles. The Balaban J connectivity index is 0.00000210. The molecule has 3 aliphatic heterocycles. The van der Waals surface area contributed by atoms with Gasteiger partial charge in [-0.3, -0.25) is 14.0 Å². The van der Waals surface area contributed by atoms with Crippen LogP contribution in [0.25, 0.3) is 0 Å². The fraction of sp³-hybridized carbons (Fsp3) is 0.611. The van der Waals surface area contributed by atoms with E-state index in [-0.39, 0.29) is 24.1 Å². The van der Waals surface area contributed by atoms with Crippen molar-refractivity contribution < 1.29 is 13.2 Å². The third-order valence-corrected chi connectivity index (χ3v) is 7.47. The minimum absolute atomic E-state index is 0. The Morgan fingerprint density at radius 1 is 1.11 bits per heavy atom. The number of carbonyl (C=O) groups excluding carboxylic acids is 1. The van der Waals surface area contributed by atoms with Crippen molar-refractivity contribution in [2.75, 3.05) is 55.9 Å². The monoisotopic (exact) mass is 414 g/mol. The normalized spacial score (nSPS) is 25.4. The lowest BCUT2D eigenvalue weighted by Gasteiger charge is -2.32. The van der Waals surface area contributed by atoms with E-state index in [0.717, 1.165) is 45.7 Å². The number of likely N-dealkylation sites (tertiary alicyclic amines) is 1. The summed E-state index contributed by atoms with van der Waals surface area (Å²) in [4.78, 5) is 17.3. The van der Waals surface area contributed by atoms with Gasteiger partial charge in [0.1, 0.15) is 0 Å². The fourth-order valence-corrected chi connectivity index (χ4v) is 5.73. The average Bonchev–Trinajstić information content (AvgIpc) is 3.28. The second kappa shape index (κ2) is 8.34. The summed E-state index contributed by atoms with van der Waals surface area (Å²) < 4.78 is 25.7. The van der Waals surface area contributed by atoms with Gasteiger partial charge in [0.2, 0.25) is 10.0 Å². The second-order valence-electron chi connectivity index (χ2n) is 7.27. The van der Waals surface area contributed by atoms with Gasteiger partial charge in [-0.15, -0.1) is 12.4 Å². The molecule has 1 N–H and O–H groups in total. The molecule has 1 amide bonds. The summed E-state index contributed by atoms with van der Waals surface area (Å²) in [7, 11) is -3.23. The Morgan fingerprint density at radius 3 is 2.59 bits per heavy atom. The Hall–Kier alpha value is -1.35. The van der Waals surface area contributed by atoms with Gasteiger partial charge in [0.25, 0.3) is 5.91 Å². The second-order valence-corrected chi connectivity index (χ2v) is 9.28. The first-order chi connectivity index (χ1) is 12.5. The largest absolute Gasteiger partial charge is 0.337 e. The number of halogens is 1. The van der Waals surface area contributed by atoms with E-state index in [9.17, 15) is 13.2 Å². The Morgan fingerprint density at radius 2 is 1.89 bits per heavy atom. The molecule has 1 aromatic rings. The van der Waals surface area contributed by atoms with Crippen molar-refractivity contribution in [2.24, 2.45) is 0 Å². The van der Waals surface area contributed by atoms with Crippen LogP contribution in [-0.4, -0.2) is 81.7 Å². The summed E-state index contributed by atoms with van der Waals surface area (Å²) in [5, 5.41) is 3.36. The highest BCUT2D eigenvalue weighted by Crippen LogP contribution is 2.26. The molecule has 3 saturated heterocycles. The number of nitrogens with one attached hydrogen (secondary N) is 1. The first kappa shape index (κ1) is 20.4. The van der Waals surface area contributed by atoms with Crippen molar-refractivity contribution in [3.8, 4) is 0 Å². The quantitative estimate of drug-likeness (QED) is 0.790. The van der Waals surface area contributed by atoms with Crippen molar-refractivity contribution in [3.05, 3.63) is 29.8 Å². The lowest BCUT2D eigenvalue weighted by atomic mass is 10.1. The molecular weight excluding hydrogens is 388 g/mol. The SMILES string of the molecule is Cl.O=C(c1cccc(N2CCCS2(=O)=O)c1)N1CCC(N2CCNCC2)C1. The van der Waals surface area contributed by atoms with Gasteiger partial charge in [-0.05, 0) is 31.0 Å². The van der Waals surface area contributed by atoms with E-state index in [1.807, 2.05) is 4.90 Å². The lowest BCUT2D eigenvalue weighted by molar-refractivity contribution is 0.0773. The van der Waals surface area contributed by atoms with Gasteiger partial charge in [-0.1, -0.05) is 6.07 Å². The van der Waals surface area contributed by atoms with E-state index in [0.29, 0.717) is 30.3 Å². The molecule has 1 aromatic carbocycles. The number of nitrogens with zero attached hydrogens (tertiary/aromatic N) is 3. The predicted molar refractivity (Wildman–Crippen MR) is 108 cm³/mol. The van der Waals surface area contributed by atoms with Crippen LogP contribution in [0.5, 0.6) is 0 Å². The van der Waals surface area contributed by atoms with Crippen LogP contribution >= 0.6 is 12.4 Å². The maximum atomic E-state index is 12.9.